The van der Waals surface area contributed by atoms with Crippen LogP contribution in [0.25, 0.3) is 0 Å². The highest BCUT2D eigenvalue weighted by Crippen LogP contribution is 2.33. The molecule has 2 rings (SSSR count). The van der Waals surface area contributed by atoms with E-state index in [0.717, 1.165) is 36.8 Å². The number of amides is 2. The monoisotopic (exact) mass is 545 g/mol. The fourth-order valence-electron chi connectivity index (χ4n) is 3.78. The first-order chi connectivity index (χ1) is 14.2. The van der Waals surface area contributed by atoms with E-state index < -0.39 is 0 Å². The van der Waals surface area contributed by atoms with Gasteiger partial charge in [0, 0.05) is 44.4 Å². The van der Waals surface area contributed by atoms with Crippen molar-refractivity contribution >= 4 is 41.7 Å². The molecule has 31 heavy (non-hydrogen) atoms. The molecule has 1 aromatic rings. The van der Waals surface area contributed by atoms with Gasteiger partial charge in [0.1, 0.15) is 0 Å². The summed E-state index contributed by atoms with van der Waals surface area (Å²) in [5.74, 6) is 1.26. The Labute approximate surface area is 204 Å². The van der Waals surface area contributed by atoms with Crippen molar-refractivity contribution in [1.82, 2.24) is 16.0 Å². The Hall–Kier alpha value is -1.55. The average Bonchev–Trinajstić information content (AvgIpc) is 2.68. The van der Waals surface area contributed by atoms with Crippen LogP contribution < -0.4 is 21.3 Å². The molecule has 4 N–H and O–H groups in total. The summed E-state index contributed by atoms with van der Waals surface area (Å²) >= 11 is 0. The molecule has 1 heterocycles. The van der Waals surface area contributed by atoms with Crippen molar-refractivity contribution in [3.63, 3.8) is 0 Å². The van der Waals surface area contributed by atoms with Gasteiger partial charge in [0.2, 0.25) is 0 Å². The predicted octanol–water partition coefficient (Wildman–Crippen LogP) is 4.34. The number of guanidine groups is 1. The molecule has 2 amide bonds. The van der Waals surface area contributed by atoms with Gasteiger partial charge in [-0.2, -0.15) is 0 Å². The number of ether oxygens (including phenoxy) is 1. The highest BCUT2D eigenvalue weighted by atomic mass is 127. The summed E-state index contributed by atoms with van der Waals surface area (Å²) in [6, 6.07) is 7.71. The van der Waals surface area contributed by atoms with Gasteiger partial charge in [0.25, 0.3) is 0 Å². The number of aliphatic imine (C=N–C) groups is 1. The summed E-state index contributed by atoms with van der Waals surface area (Å²) in [4.78, 5) is 16.1. The molecule has 7 nitrogen and oxygen atoms in total. The predicted molar refractivity (Wildman–Crippen MR) is 139 cm³/mol. The van der Waals surface area contributed by atoms with Crippen molar-refractivity contribution in [2.45, 2.75) is 66.2 Å². The number of benzene rings is 1. The standard InChI is InChI=1S/C23H39N5O2.HI/c1-16(2)27-22(29)28-19-11-9-17(10-12-19)14-25-21(24-6)26-15-18-8-7-13-30-20(18)23(3,4)5;/h9-12,16,18,20H,7-8,13-15H2,1-6H3,(H2,24,25,26)(H2,27,28,29);1H. The first-order valence-corrected chi connectivity index (χ1v) is 10.9. The maximum Gasteiger partial charge on any atom is 0.319 e. The van der Waals surface area contributed by atoms with E-state index in [1.807, 2.05) is 38.1 Å². The molecule has 8 heteroatoms. The molecule has 0 spiro atoms. The van der Waals surface area contributed by atoms with Crippen LogP contribution in [-0.2, 0) is 11.3 Å². The lowest BCUT2D eigenvalue weighted by Crippen LogP contribution is -2.47. The molecular weight excluding hydrogens is 505 g/mol. The first-order valence-electron chi connectivity index (χ1n) is 10.9. The van der Waals surface area contributed by atoms with E-state index in [4.69, 9.17) is 4.74 Å². The van der Waals surface area contributed by atoms with Crippen molar-refractivity contribution in [1.29, 1.82) is 0 Å². The van der Waals surface area contributed by atoms with Crippen LogP contribution in [0.2, 0.25) is 0 Å². The lowest BCUT2D eigenvalue weighted by atomic mass is 9.78. The molecule has 1 aliphatic heterocycles. The summed E-state index contributed by atoms with van der Waals surface area (Å²) in [7, 11) is 1.79. The molecule has 0 bridgehead atoms. The van der Waals surface area contributed by atoms with Gasteiger partial charge in [0.05, 0.1) is 6.10 Å². The Morgan fingerprint density at radius 3 is 2.45 bits per heavy atom. The smallest absolute Gasteiger partial charge is 0.319 e. The molecule has 1 aromatic carbocycles. The van der Waals surface area contributed by atoms with Crippen LogP contribution in [0.15, 0.2) is 29.3 Å². The van der Waals surface area contributed by atoms with Gasteiger partial charge in [-0.05, 0) is 49.8 Å². The van der Waals surface area contributed by atoms with Crippen LogP contribution in [0.1, 0.15) is 53.0 Å². The average molecular weight is 546 g/mol. The molecule has 1 saturated heterocycles. The number of hydrogen-bond donors (Lipinski definition) is 4. The van der Waals surface area contributed by atoms with E-state index >= 15 is 0 Å². The van der Waals surface area contributed by atoms with Crippen molar-refractivity contribution < 1.29 is 9.53 Å². The molecule has 2 atom stereocenters. The van der Waals surface area contributed by atoms with E-state index in [1.54, 1.807) is 7.05 Å². The molecule has 0 aliphatic carbocycles. The fraction of sp³-hybridized carbons (Fsp3) is 0.652. The van der Waals surface area contributed by atoms with Gasteiger partial charge in [-0.1, -0.05) is 32.9 Å². The Morgan fingerprint density at radius 2 is 1.87 bits per heavy atom. The maximum atomic E-state index is 11.8. The highest BCUT2D eigenvalue weighted by Gasteiger charge is 2.35. The van der Waals surface area contributed by atoms with Crippen molar-refractivity contribution in [3.05, 3.63) is 29.8 Å². The number of carbonyl (C=O) groups excluding carboxylic acids is 1. The molecule has 0 aromatic heterocycles. The SMILES string of the molecule is CN=C(NCc1ccc(NC(=O)NC(C)C)cc1)NCC1CCCOC1C(C)(C)C.I. The van der Waals surface area contributed by atoms with Crippen LogP contribution in [0.5, 0.6) is 0 Å². The van der Waals surface area contributed by atoms with Crippen LogP contribution in [0, 0.1) is 11.3 Å². The molecule has 0 radical (unpaired) electrons. The van der Waals surface area contributed by atoms with E-state index in [1.165, 1.54) is 6.42 Å². The lowest BCUT2D eigenvalue weighted by molar-refractivity contribution is -0.0835. The van der Waals surface area contributed by atoms with Gasteiger partial charge in [-0.15, -0.1) is 24.0 Å². The number of halogens is 1. The Bertz CT molecular complexity index is 701. The number of nitrogens with zero attached hydrogens (tertiary/aromatic N) is 1. The second-order valence-corrected chi connectivity index (χ2v) is 9.32. The van der Waals surface area contributed by atoms with Gasteiger partial charge < -0.3 is 26.0 Å². The minimum Gasteiger partial charge on any atom is -0.377 e. The van der Waals surface area contributed by atoms with Crippen molar-refractivity contribution in [2.24, 2.45) is 16.3 Å². The van der Waals surface area contributed by atoms with Crippen molar-refractivity contribution in [3.8, 4) is 0 Å². The van der Waals surface area contributed by atoms with Crippen molar-refractivity contribution in [2.75, 3.05) is 25.5 Å². The number of nitrogens with one attached hydrogen (secondary N) is 4. The second kappa shape index (κ2) is 13.1. The van der Waals surface area contributed by atoms with E-state index in [2.05, 4.69) is 47.0 Å². The van der Waals surface area contributed by atoms with Gasteiger partial charge in [-0.3, -0.25) is 4.99 Å². The molecular formula is C23H40IN5O2. The lowest BCUT2D eigenvalue weighted by Gasteiger charge is -2.40. The van der Waals surface area contributed by atoms with Gasteiger partial charge in [0.15, 0.2) is 5.96 Å². The summed E-state index contributed by atoms with van der Waals surface area (Å²) in [6.07, 6.45) is 2.54. The normalized spacial score (nSPS) is 19.4. The third-order valence-corrected chi connectivity index (χ3v) is 5.15. The Kier molecular flexibility index (Phi) is 11.6. The summed E-state index contributed by atoms with van der Waals surface area (Å²) in [5, 5.41) is 12.5. The summed E-state index contributed by atoms with van der Waals surface area (Å²) in [6.45, 7) is 12.9. The number of rotatable bonds is 6. The summed E-state index contributed by atoms with van der Waals surface area (Å²) in [5.41, 5.74) is 2.01. The van der Waals surface area contributed by atoms with E-state index in [0.29, 0.717) is 12.5 Å². The number of carbonyl (C=O) groups is 1. The van der Waals surface area contributed by atoms with Gasteiger partial charge in [-0.25, -0.2) is 4.79 Å². The third kappa shape index (κ3) is 9.64. The second-order valence-electron chi connectivity index (χ2n) is 9.32. The molecule has 2 unspecified atom stereocenters. The molecule has 1 aliphatic rings. The molecule has 1 fully saturated rings. The molecule has 0 saturated carbocycles. The van der Waals surface area contributed by atoms with E-state index in [-0.39, 0.29) is 47.6 Å². The zero-order valence-electron chi connectivity index (χ0n) is 19.7. The van der Waals surface area contributed by atoms with Crippen LogP contribution in [0.3, 0.4) is 0 Å². The third-order valence-electron chi connectivity index (χ3n) is 5.15. The van der Waals surface area contributed by atoms with Crippen LogP contribution >= 0.6 is 24.0 Å². The van der Waals surface area contributed by atoms with Crippen LogP contribution in [-0.4, -0.2) is 44.3 Å². The number of urea groups is 1. The molecule has 176 valence electrons. The quantitative estimate of drug-likeness (QED) is 0.244. The zero-order valence-corrected chi connectivity index (χ0v) is 22.1. The first kappa shape index (κ1) is 27.5. The maximum absolute atomic E-state index is 11.8. The van der Waals surface area contributed by atoms with Gasteiger partial charge >= 0.3 is 6.03 Å². The minimum atomic E-state index is -0.194. The highest BCUT2D eigenvalue weighted by molar-refractivity contribution is 14.0. The zero-order chi connectivity index (χ0) is 22.1. The summed E-state index contributed by atoms with van der Waals surface area (Å²) < 4.78 is 6.08. The minimum absolute atomic E-state index is 0. The topological polar surface area (TPSA) is 86.8 Å². The number of hydrogen-bond acceptors (Lipinski definition) is 3. The Morgan fingerprint density at radius 1 is 1.19 bits per heavy atom. The van der Waals surface area contributed by atoms with E-state index in [9.17, 15) is 4.79 Å². The number of anilines is 1. The fourth-order valence-corrected chi connectivity index (χ4v) is 3.78. The largest absolute Gasteiger partial charge is 0.377 e. The Balaban J connectivity index is 0.00000480. The van der Waals surface area contributed by atoms with Crippen LogP contribution in [0.4, 0.5) is 10.5 Å².